The summed E-state index contributed by atoms with van der Waals surface area (Å²) < 4.78 is 6.27. The molecule has 1 aliphatic rings. The lowest BCUT2D eigenvalue weighted by Crippen LogP contribution is -2.44. The van der Waals surface area contributed by atoms with Gasteiger partial charge in [-0.15, -0.1) is 0 Å². The molecule has 130 valence electrons. The van der Waals surface area contributed by atoms with E-state index in [1.165, 1.54) is 37.3 Å². The van der Waals surface area contributed by atoms with Gasteiger partial charge in [0.05, 0.1) is 6.61 Å². The Morgan fingerprint density at radius 1 is 0.957 bits per heavy atom. The number of rotatable bonds is 7. The van der Waals surface area contributed by atoms with Gasteiger partial charge in [0.15, 0.2) is 0 Å². The first-order chi connectivity index (χ1) is 11.0. The molecule has 0 bridgehead atoms. The number of hydrogen-bond donors (Lipinski definition) is 0. The number of ether oxygens (including phenoxy) is 1. The molecule has 1 fully saturated rings. The van der Waals surface area contributed by atoms with E-state index in [4.69, 9.17) is 4.74 Å². The van der Waals surface area contributed by atoms with E-state index in [2.05, 4.69) is 62.7 Å². The van der Waals surface area contributed by atoms with E-state index in [0.29, 0.717) is 11.8 Å². The summed E-state index contributed by atoms with van der Waals surface area (Å²) in [5, 5.41) is 0. The normalized spacial score (nSPS) is 17.2. The molecule has 23 heavy (non-hydrogen) atoms. The number of piperazine rings is 1. The Labute approximate surface area is 142 Å². The molecule has 0 aromatic heterocycles. The molecule has 0 spiro atoms. The average molecular weight is 319 g/mol. The van der Waals surface area contributed by atoms with E-state index in [1.807, 2.05) is 0 Å². The molecule has 1 aromatic rings. The van der Waals surface area contributed by atoms with Crippen molar-refractivity contribution >= 4 is 0 Å². The SMILES string of the molecule is CC(C)c1cccc(C(C)C)c1OCCCN1CCN(C)CC1. The van der Waals surface area contributed by atoms with Gasteiger partial charge in [0.25, 0.3) is 0 Å². The van der Waals surface area contributed by atoms with Gasteiger partial charge in [-0.05, 0) is 36.4 Å². The Kier molecular flexibility index (Phi) is 6.91. The molecule has 0 amide bonds. The summed E-state index contributed by atoms with van der Waals surface area (Å²) in [5.41, 5.74) is 2.69. The van der Waals surface area contributed by atoms with Crippen molar-refractivity contribution in [1.82, 2.24) is 9.80 Å². The quantitative estimate of drug-likeness (QED) is 0.708. The van der Waals surface area contributed by atoms with E-state index >= 15 is 0 Å². The van der Waals surface area contributed by atoms with Gasteiger partial charge >= 0.3 is 0 Å². The topological polar surface area (TPSA) is 15.7 Å². The van der Waals surface area contributed by atoms with Gasteiger partial charge in [0.2, 0.25) is 0 Å². The van der Waals surface area contributed by atoms with Crippen molar-refractivity contribution < 1.29 is 4.74 Å². The van der Waals surface area contributed by atoms with Gasteiger partial charge < -0.3 is 14.5 Å². The van der Waals surface area contributed by atoms with Crippen LogP contribution in [-0.2, 0) is 0 Å². The minimum absolute atomic E-state index is 0.501. The third-order valence-electron chi connectivity index (χ3n) is 4.78. The highest BCUT2D eigenvalue weighted by Crippen LogP contribution is 2.34. The molecule has 0 aliphatic carbocycles. The van der Waals surface area contributed by atoms with Crippen molar-refractivity contribution in [2.45, 2.75) is 46.0 Å². The number of para-hydroxylation sites is 1. The molecule has 0 N–H and O–H groups in total. The van der Waals surface area contributed by atoms with E-state index in [-0.39, 0.29) is 0 Å². The predicted octanol–water partition coefficient (Wildman–Crippen LogP) is 3.95. The first-order valence-corrected chi connectivity index (χ1v) is 9.15. The van der Waals surface area contributed by atoms with Crippen LogP contribution in [0.1, 0.15) is 57.1 Å². The van der Waals surface area contributed by atoms with Crippen molar-refractivity contribution in [3.63, 3.8) is 0 Å². The number of likely N-dealkylation sites (N-methyl/N-ethyl adjacent to an activating group) is 1. The van der Waals surface area contributed by atoms with Gasteiger partial charge in [-0.3, -0.25) is 0 Å². The number of nitrogens with zero attached hydrogens (tertiary/aromatic N) is 2. The van der Waals surface area contributed by atoms with Crippen LogP contribution in [0, 0.1) is 0 Å². The summed E-state index contributed by atoms with van der Waals surface area (Å²) in [4.78, 5) is 4.96. The summed E-state index contributed by atoms with van der Waals surface area (Å²) in [6, 6.07) is 6.60. The second-order valence-corrected chi connectivity index (χ2v) is 7.42. The van der Waals surface area contributed by atoms with Gasteiger partial charge in [-0.2, -0.15) is 0 Å². The molecule has 0 atom stereocenters. The minimum atomic E-state index is 0.501. The maximum Gasteiger partial charge on any atom is 0.126 e. The van der Waals surface area contributed by atoms with Crippen LogP contribution >= 0.6 is 0 Å². The largest absolute Gasteiger partial charge is 0.493 e. The lowest BCUT2D eigenvalue weighted by Gasteiger charge is -2.32. The molecule has 1 aromatic carbocycles. The Balaban J connectivity index is 1.89. The second kappa shape index (κ2) is 8.70. The third-order valence-corrected chi connectivity index (χ3v) is 4.78. The van der Waals surface area contributed by atoms with Gasteiger partial charge in [0, 0.05) is 32.7 Å². The summed E-state index contributed by atoms with van der Waals surface area (Å²) in [5.74, 6) is 2.14. The van der Waals surface area contributed by atoms with E-state index in [0.717, 1.165) is 25.3 Å². The maximum absolute atomic E-state index is 6.27. The zero-order chi connectivity index (χ0) is 16.8. The molecular weight excluding hydrogens is 284 g/mol. The number of hydrogen-bond acceptors (Lipinski definition) is 3. The van der Waals surface area contributed by atoms with Crippen LogP contribution in [0.5, 0.6) is 5.75 Å². The highest BCUT2D eigenvalue weighted by molar-refractivity contribution is 5.44. The summed E-state index contributed by atoms with van der Waals surface area (Å²) in [6.07, 6.45) is 1.10. The number of benzene rings is 1. The molecule has 0 unspecified atom stereocenters. The summed E-state index contributed by atoms with van der Waals surface area (Å²) in [6.45, 7) is 15.7. The van der Waals surface area contributed by atoms with Crippen molar-refractivity contribution in [3.8, 4) is 5.75 Å². The molecule has 2 rings (SSSR count). The Morgan fingerprint density at radius 3 is 2.04 bits per heavy atom. The van der Waals surface area contributed by atoms with E-state index in [1.54, 1.807) is 0 Å². The first kappa shape index (κ1) is 18.3. The Morgan fingerprint density at radius 2 is 1.52 bits per heavy atom. The van der Waals surface area contributed by atoms with Crippen LogP contribution in [0.25, 0.3) is 0 Å². The van der Waals surface area contributed by atoms with Crippen LogP contribution in [0.4, 0.5) is 0 Å². The van der Waals surface area contributed by atoms with Gasteiger partial charge in [-0.1, -0.05) is 45.9 Å². The molecule has 0 radical (unpaired) electrons. The Hall–Kier alpha value is -1.06. The van der Waals surface area contributed by atoms with Crippen molar-refractivity contribution in [2.24, 2.45) is 0 Å². The zero-order valence-corrected chi connectivity index (χ0v) is 15.6. The highest BCUT2D eigenvalue weighted by atomic mass is 16.5. The standard InChI is InChI=1S/C20H34N2O/c1-16(2)18-8-6-9-19(17(3)4)20(18)23-15-7-10-22-13-11-21(5)12-14-22/h6,8-9,16-17H,7,10-15H2,1-5H3. The van der Waals surface area contributed by atoms with Crippen LogP contribution in [0.15, 0.2) is 18.2 Å². The molecule has 1 aliphatic heterocycles. The maximum atomic E-state index is 6.27. The van der Waals surface area contributed by atoms with Gasteiger partial charge in [0.1, 0.15) is 5.75 Å². The summed E-state index contributed by atoms with van der Waals surface area (Å²) in [7, 11) is 2.21. The Bertz CT molecular complexity index is 450. The van der Waals surface area contributed by atoms with Gasteiger partial charge in [-0.25, -0.2) is 0 Å². The smallest absolute Gasteiger partial charge is 0.126 e. The van der Waals surface area contributed by atoms with E-state index in [9.17, 15) is 0 Å². The second-order valence-electron chi connectivity index (χ2n) is 7.42. The van der Waals surface area contributed by atoms with Crippen LogP contribution in [0.3, 0.4) is 0 Å². The first-order valence-electron chi connectivity index (χ1n) is 9.15. The van der Waals surface area contributed by atoms with Crippen LogP contribution in [-0.4, -0.2) is 56.2 Å². The van der Waals surface area contributed by atoms with Crippen molar-refractivity contribution in [1.29, 1.82) is 0 Å². The molecular formula is C20H34N2O. The summed E-state index contributed by atoms with van der Waals surface area (Å²) >= 11 is 0. The average Bonchev–Trinajstić information content (AvgIpc) is 2.52. The molecule has 3 heteroatoms. The van der Waals surface area contributed by atoms with Crippen LogP contribution < -0.4 is 4.74 Å². The molecule has 3 nitrogen and oxygen atoms in total. The molecule has 0 saturated carbocycles. The third kappa shape index (κ3) is 5.22. The lowest BCUT2D eigenvalue weighted by atomic mass is 9.94. The van der Waals surface area contributed by atoms with E-state index < -0.39 is 0 Å². The zero-order valence-electron chi connectivity index (χ0n) is 15.6. The predicted molar refractivity (Wildman–Crippen MR) is 98.7 cm³/mol. The molecule has 1 heterocycles. The fourth-order valence-electron chi connectivity index (χ4n) is 3.18. The minimum Gasteiger partial charge on any atom is -0.493 e. The fraction of sp³-hybridized carbons (Fsp3) is 0.700. The lowest BCUT2D eigenvalue weighted by molar-refractivity contribution is 0.145. The van der Waals surface area contributed by atoms with Crippen molar-refractivity contribution in [2.75, 3.05) is 46.4 Å². The van der Waals surface area contributed by atoms with Crippen molar-refractivity contribution in [3.05, 3.63) is 29.3 Å². The monoisotopic (exact) mass is 318 g/mol. The fourth-order valence-corrected chi connectivity index (χ4v) is 3.18. The molecule has 1 saturated heterocycles. The highest BCUT2D eigenvalue weighted by Gasteiger charge is 2.16. The van der Waals surface area contributed by atoms with Crippen LogP contribution in [0.2, 0.25) is 0 Å².